The number of fused-ring (bicyclic) bond motifs is 2. The van der Waals surface area contributed by atoms with Crippen molar-refractivity contribution in [1.82, 2.24) is 0 Å². The lowest BCUT2D eigenvalue weighted by atomic mass is 10.1. The number of hydrogen-bond acceptors (Lipinski definition) is 6. The van der Waals surface area contributed by atoms with E-state index in [0.717, 1.165) is 16.7 Å². The van der Waals surface area contributed by atoms with Gasteiger partial charge in [0.15, 0.2) is 10.5 Å². The fourth-order valence-electron chi connectivity index (χ4n) is 3.77. The first-order valence-corrected chi connectivity index (χ1v) is 11.3. The van der Waals surface area contributed by atoms with Crippen LogP contribution in [0.25, 0.3) is 11.0 Å². The minimum Gasteiger partial charge on any atom is -0.497 e. The van der Waals surface area contributed by atoms with Crippen molar-refractivity contribution in [2.75, 3.05) is 17.7 Å². The van der Waals surface area contributed by atoms with Gasteiger partial charge in [0.25, 0.3) is 0 Å². The summed E-state index contributed by atoms with van der Waals surface area (Å²) in [5, 5.41) is 6.18. The van der Waals surface area contributed by atoms with Gasteiger partial charge < -0.3 is 19.8 Å². The summed E-state index contributed by atoms with van der Waals surface area (Å²) in [4.78, 5) is 40.6. The number of ether oxygens (including phenoxy) is 1. The van der Waals surface area contributed by atoms with E-state index in [1.54, 1.807) is 61.5 Å². The Labute approximate surface area is 199 Å². The molecule has 1 aliphatic heterocycles. The maximum atomic E-state index is 13.5. The van der Waals surface area contributed by atoms with Crippen LogP contribution in [0, 0.1) is 0 Å². The maximum absolute atomic E-state index is 13.5. The SMILES string of the molecule is COc1cccc(C(=O)c2oc3ccccc3c2NC(=O)C2(C)Sc3ccccc3NC2=O)c1. The summed E-state index contributed by atoms with van der Waals surface area (Å²) in [6.07, 6.45) is 0. The van der Waals surface area contributed by atoms with Gasteiger partial charge in [-0.2, -0.15) is 0 Å². The lowest BCUT2D eigenvalue weighted by Crippen LogP contribution is -2.49. The third kappa shape index (κ3) is 3.62. The molecular weight excluding hydrogens is 452 g/mol. The van der Waals surface area contributed by atoms with Crippen molar-refractivity contribution < 1.29 is 23.5 Å². The molecule has 1 unspecified atom stereocenters. The minimum atomic E-state index is -1.46. The molecule has 2 N–H and O–H groups in total. The van der Waals surface area contributed by atoms with Crippen molar-refractivity contribution in [1.29, 1.82) is 0 Å². The van der Waals surface area contributed by atoms with Crippen LogP contribution in [0.5, 0.6) is 5.75 Å². The Morgan fingerprint density at radius 3 is 2.62 bits per heavy atom. The van der Waals surface area contributed by atoms with Crippen molar-refractivity contribution in [3.05, 3.63) is 84.1 Å². The molecule has 4 aromatic rings. The van der Waals surface area contributed by atoms with E-state index in [1.165, 1.54) is 7.11 Å². The van der Waals surface area contributed by atoms with Crippen LogP contribution in [0.3, 0.4) is 0 Å². The fourth-order valence-corrected chi connectivity index (χ4v) is 4.88. The van der Waals surface area contributed by atoms with Gasteiger partial charge >= 0.3 is 0 Å². The van der Waals surface area contributed by atoms with E-state index in [0.29, 0.717) is 28.0 Å². The van der Waals surface area contributed by atoms with Crippen LogP contribution in [-0.2, 0) is 9.59 Å². The van der Waals surface area contributed by atoms with Gasteiger partial charge in [0.05, 0.1) is 18.5 Å². The van der Waals surface area contributed by atoms with Gasteiger partial charge in [-0.25, -0.2) is 0 Å². The lowest BCUT2D eigenvalue weighted by molar-refractivity contribution is -0.126. The van der Waals surface area contributed by atoms with Gasteiger partial charge in [0.1, 0.15) is 11.3 Å². The van der Waals surface area contributed by atoms with Crippen LogP contribution in [-0.4, -0.2) is 29.5 Å². The molecule has 0 fully saturated rings. The molecule has 1 aromatic heterocycles. The zero-order valence-electron chi connectivity index (χ0n) is 18.4. The average molecular weight is 473 g/mol. The van der Waals surface area contributed by atoms with E-state index in [1.807, 2.05) is 18.2 Å². The Kier molecular flexibility index (Phi) is 5.37. The van der Waals surface area contributed by atoms with E-state index >= 15 is 0 Å². The molecular formula is C26H20N2O5S. The molecule has 5 rings (SSSR count). The molecule has 1 atom stereocenters. The summed E-state index contributed by atoms with van der Waals surface area (Å²) >= 11 is 1.16. The number of methoxy groups -OCH3 is 1. The van der Waals surface area contributed by atoms with Crippen LogP contribution in [0.2, 0.25) is 0 Å². The first kappa shape index (κ1) is 21.8. The normalized spacial score (nSPS) is 17.1. The summed E-state index contributed by atoms with van der Waals surface area (Å²) in [6, 6.07) is 21.0. The van der Waals surface area contributed by atoms with Crippen LogP contribution < -0.4 is 15.4 Å². The topological polar surface area (TPSA) is 97.6 Å². The number of nitrogens with one attached hydrogen (secondary N) is 2. The number of para-hydroxylation sites is 2. The highest BCUT2D eigenvalue weighted by Crippen LogP contribution is 2.43. The van der Waals surface area contributed by atoms with Gasteiger partial charge in [-0.1, -0.05) is 48.2 Å². The third-order valence-electron chi connectivity index (χ3n) is 5.69. The van der Waals surface area contributed by atoms with Gasteiger partial charge in [-0.15, -0.1) is 0 Å². The largest absolute Gasteiger partial charge is 0.497 e. The molecule has 34 heavy (non-hydrogen) atoms. The predicted octanol–water partition coefficient (Wildman–Crippen LogP) is 5.11. The zero-order valence-corrected chi connectivity index (χ0v) is 19.2. The molecule has 0 saturated carbocycles. The number of carbonyl (C=O) groups is 3. The smallest absolute Gasteiger partial charge is 0.250 e. The molecule has 2 amide bonds. The Morgan fingerprint density at radius 2 is 1.79 bits per heavy atom. The molecule has 0 aliphatic carbocycles. The Balaban J connectivity index is 1.54. The summed E-state index contributed by atoms with van der Waals surface area (Å²) < 4.78 is 9.65. The summed E-state index contributed by atoms with van der Waals surface area (Å²) in [5.74, 6) is -0.915. The van der Waals surface area contributed by atoms with E-state index in [9.17, 15) is 14.4 Å². The monoisotopic (exact) mass is 472 g/mol. The molecule has 8 heteroatoms. The summed E-state index contributed by atoms with van der Waals surface area (Å²) in [7, 11) is 1.52. The number of rotatable bonds is 5. The van der Waals surface area contributed by atoms with Crippen LogP contribution in [0.15, 0.2) is 82.1 Å². The number of hydrogen-bond donors (Lipinski definition) is 2. The molecule has 0 bridgehead atoms. The molecule has 3 aromatic carbocycles. The molecule has 2 heterocycles. The van der Waals surface area contributed by atoms with Crippen molar-refractivity contribution in [3.63, 3.8) is 0 Å². The Hall–Kier alpha value is -4.04. The lowest BCUT2D eigenvalue weighted by Gasteiger charge is -2.31. The second-order valence-corrected chi connectivity index (χ2v) is 9.36. The van der Waals surface area contributed by atoms with Crippen molar-refractivity contribution >= 4 is 51.7 Å². The summed E-state index contributed by atoms with van der Waals surface area (Å²) in [6.45, 7) is 1.56. The standard InChI is InChI=1S/C26H20N2O5S/c1-26(24(30)27-18-11-4-6-13-20(18)34-26)25(31)28-21-17-10-3-5-12-19(17)33-23(21)22(29)15-8-7-9-16(14-15)32-2/h3-14H,1-2H3,(H,27,30)(H,28,31). The quantitative estimate of drug-likeness (QED) is 0.309. The first-order valence-electron chi connectivity index (χ1n) is 10.5. The third-order valence-corrected chi connectivity index (χ3v) is 7.04. The minimum absolute atomic E-state index is 0.0204. The number of amides is 2. The van der Waals surface area contributed by atoms with E-state index in [4.69, 9.17) is 9.15 Å². The van der Waals surface area contributed by atoms with Gasteiger partial charge in [0, 0.05) is 15.8 Å². The number of ketones is 1. The molecule has 1 aliphatic rings. The number of carbonyl (C=O) groups excluding carboxylic acids is 3. The van der Waals surface area contributed by atoms with Gasteiger partial charge in [0.2, 0.25) is 17.6 Å². The average Bonchev–Trinajstić information content (AvgIpc) is 3.22. The highest BCUT2D eigenvalue weighted by atomic mass is 32.2. The predicted molar refractivity (Wildman–Crippen MR) is 131 cm³/mol. The maximum Gasteiger partial charge on any atom is 0.250 e. The number of thioether (sulfide) groups is 1. The molecule has 170 valence electrons. The van der Waals surface area contributed by atoms with Crippen LogP contribution >= 0.6 is 11.8 Å². The molecule has 0 spiro atoms. The zero-order chi connectivity index (χ0) is 23.9. The second-order valence-electron chi connectivity index (χ2n) is 7.90. The fraction of sp³-hybridized carbons (Fsp3) is 0.115. The molecule has 0 saturated heterocycles. The Bertz CT molecular complexity index is 1460. The highest BCUT2D eigenvalue weighted by molar-refractivity contribution is 8.02. The number of anilines is 2. The Morgan fingerprint density at radius 1 is 1.03 bits per heavy atom. The van der Waals surface area contributed by atoms with Crippen molar-refractivity contribution in [2.45, 2.75) is 16.6 Å². The second kappa shape index (κ2) is 8.39. The van der Waals surface area contributed by atoms with E-state index in [-0.39, 0.29) is 11.4 Å². The number of furan rings is 1. The molecule has 7 nitrogen and oxygen atoms in total. The number of benzene rings is 3. The van der Waals surface area contributed by atoms with Gasteiger partial charge in [-0.05, 0) is 43.3 Å². The van der Waals surface area contributed by atoms with Crippen LogP contribution in [0.4, 0.5) is 11.4 Å². The van der Waals surface area contributed by atoms with Gasteiger partial charge in [-0.3, -0.25) is 14.4 Å². The molecule has 0 radical (unpaired) electrons. The first-order chi connectivity index (χ1) is 16.4. The van der Waals surface area contributed by atoms with Crippen molar-refractivity contribution in [3.8, 4) is 5.75 Å². The highest BCUT2D eigenvalue weighted by Gasteiger charge is 2.46. The van der Waals surface area contributed by atoms with Crippen LogP contribution in [0.1, 0.15) is 23.0 Å². The van der Waals surface area contributed by atoms with E-state index < -0.39 is 22.3 Å². The van der Waals surface area contributed by atoms with Crippen molar-refractivity contribution in [2.24, 2.45) is 0 Å². The van der Waals surface area contributed by atoms with E-state index in [2.05, 4.69) is 10.6 Å². The summed E-state index contributed by atoms with van der Waals surface area (Å²) in [5.41, 5.74) is 1.67.